The molecule has 5 aromatic carbocycles. The molecular weight excluding hydrogens is 506 g/mol. The first-order valence-corrected chi connectivity index (χ1v) is 13.7. The fourth-order valence-corrected chi connectivity index (χ4v) is 5.62. The van der Waals surface area contributed by atoms with E-state index < -0.39 is 12.7 Å². The van der Waals surface area contributed by atoms with Gasteiger partial charge in [-0.2, -0.15) is 0 Å². The zero-order valence-electron chi connectivity index (χ0n) is 26.1. The molecule has 5 heteroatoms. The van der Waals surface area contributed by atoms with E-state index in [1.807, 2.05) is 18.2 Å². The van der Waals surface area contributed by atoms with E-state index in [1.165, 1.54) is 10.1 Å². The van der Waals surface area contributed by atoms with Gasteiger partial charge in [-0.05, 0) is 65.6 Å². The number of rotatable bonds is 4. The lowest BCUT2D eigenvalue weighted by molar-refractivity contribution is 0.483. The lowest BCUT2D eigenvalue weighted by Crippen LogP contribution is -2.20. The van der Waals surface area contributed by atoms with E-state index in [1.54, 1.807) is 42.5 Å². The molecule has 0 bridgehead atoms. The van der Waals surface area contributed by atoms with Crippen LogP contribution in [-0.4, -0.2) is 13.7 Å². The lowest BCUT2D eigenvalue weighted by Gasteiger charge is -2.20. The Morgan fingerprint density at radius 2 is 1.27 bits per heavy atom. The maximum atomic E-state index is 13.4. The highest BCUT2D eigenvalue weighted by Crippen LogP contribution is 2.36. The summed E-state index contributed by atoms with van der Waals surface area (Å²) >= 11 is 0. The Bertz CT molecular complexity index is 2270. The zero-order valence-corrected chi connectivity index (χ0v) is 23.1. The van der Waals surface area contributed by atoms with Gasteiger partial charge in [0.05, 0.1) is 27.8 Å². The van der Waals surface area contributed by atoms with Crippen LogP contribution in [0.2, 0.25) is 0 Å². The second kappa shape index (κ2) is 9.27. The maximum Gasteiger partial charge on any atom is 0.333 e. The van der Waals surface area contributed by atoms with Gasteiger partial charge in [0.25, 0.3) is 0 Å². The molecule has 7 rings (SSSR count). The van der Waals surface area contributed by atoms with Crippen molar-refractivity contribution in [1.82, 2.24) is 13.7 Å². The maximum absolute atomic E-state index is 13.4. The van der Waals surface area contributed by atoms with Gasteiger partial charge in [-0.3, -0.25) is 9.13 Å². The van der Waals surface area contributed by atoms with Crippen molar-refractivity contribution in [2.75, 3.05) is 0 Å². The number of aryl methyl sites for hydroxylation is 1. The number of ether oxygens (including phenoxy) is 1. The fourth-order valence-electron chi connectivity index (χ4n) is 5.62. The molecule has 0 aliphatic carbocycles. The summed E-state index contributed by atoms with van der Waals surface area (Å²) in [5, 5.41) is 2.27. The molecular formula is C36H31N3O2. The molecule has 0 radical (unpaired) electrons. The largest absolute Gasteiger partial charge is 0.457 e. The van der Waals surface area contributed by atoms with E-state index in [-0.39, 0.29) is 5.41 Å². The molecule has 202 valence electrons. The monoisotopic (exact) mass is 540 g/mol. The van der Waals surface area contributed by atoms with E-state index >= 15 is 0 Å². The summed E-state index contributed by atoms with van der Waals surface area (Å²) in [6.07, 6.45) is 0. The van der Waals surface area contributed by atoms with Crippen LogP contribution in [0.3, 0.4) is 0 Å². The van der Waals surface area contributed by atoms with Crippen molar-refractivity contribution in [1.29, 1.82) is 0 Å². The second-order valence-corrected chi connectivity index (χ2v) is 11.4. The Balaban J connectivity index is 1.34. The van der Waals surface area contributed by atoms with Gasteiger partial charge < -0.3 is 9.30 Å². The minimum absolute atomic E-state index is 0.00577. The van der Waals surface area contributed by atoms with E-state index in [2.05, 4.69) is 79.9 Å². The molecule has 0 aliphatic rings. The summed E-state index contributed by atoms with van der Waals surface area (Å²) in [5.74, 6) is 1.17. The highest BCUT2D eigenvalue weighted by Gasteiger charge is 2.18. The first-order valence-electron chi connectivity index (χ1n) is 15.2. The summed E-state index contributed by atoms with van der Waals surface area (Å²) < 4.78 is 34.8. The lowest BCUT2D eigenvalue weighted by atomic mass is 9.87. The van der Waals surface area contributed by atoms with Crippen LogP contribution in [-0.2, 0) is 12.4 Å². The number of hydrogen-bond donors (Lipinski definition) is 0. The molecule has 0 unspecified atom stereocenters. The van der Waals surface area contributed by atoms with Gasteiger partial charge in [0, 0.05) is 39.7 Å². The van der Waals surface area contributed by atoms with E-state index in [4.69, 9.17) is 8.85 Å². The molecule has 41 heavy (non-hydrogen) atoms. The van der Waals surface area contributed by atoms with Crippen molar-refractivity contribution in [3.8, 4) is 22.9 Å². The third kappa shape index (κ3) is 4.13. The van der Waals surface area contributed by atoms with Crippen molar-refractivity contribution >= 4 is 32.8 Å². The van der Waals surface area contributed by atoms with Crippen LogP contribution >= 0.6 is 0 Å². The predicted octanol–water partition coefficient (Wildman–Crippen LogP) is 8.52. The molecule has 5 nitrogen and oxygen atoms in total. The normalized spacial score (nSPS) is 13.4. The van der Waals surface area contributed by atoms with Crippen molar-refractivity contribution in [3.63, 3.8) is 0 Å². The number of hydrogen-bond acceptors (Lipinski definition) is 2. The van der Waals surface area contributed by atoms with Crippen LogP contribution in [0.15, 0.2) is 120 Å². The molecule has 0 atom stereocenters. The highest BCUT2D eigenvalue weighted by molar-refractivity contribution is 6.09. The van der Waals surface area contributed by atoms with Crippen molar-refractivity contribution < 1.29 is 8.85 Å². The van der Waals surface area contributed by atoms with Crippen LogP contribution in [0.5, 0.6) is 11.5 Å². The van der Waals surface area contributed by atoms with Gasteiger partial charge in [0.1, 0.15) is 11.5 Å². The van der Waals surface area contributed by atoms with Crippen LogP contribution in [0.25, 0.3) is 44.2 Å². The highest BCUT2D eigenvalue weighted by atomic mass is 16.5. The van der Waals surface area contributed by atoms with Crippen molar-refractivity contribution in [2.24, 2.45) is 6.98 Å². The Morgan fingerprint density at radius 3 is 2.05 bits per heavy atom. The average Bonchev–Trinajstić information content (AvgIpc) is 3.48. The molecule has 0 amide bonds. The number of nitrogens with zero attached hydrogens (tertiary/aromatic N) is 3. The molecule has 0 saturated carbocycles. The number of para-hydroxylation sites is 3. The zero-order chi connectivity index (χ0) is 30.8. The Hall–Kier alpha value is -5.03. The first-order chi connectivity index (χ1) is 21.0. The number of benzene rings is 5. The van der Waals surface area contributed by atoms with Crippen molar-refractivity contribution in [3.05, 3.63) is 131 Å². The number of imidazole rings is 1. The summed E-state index contributed by atoms with van der Waals surface area (Å²) in [6, 6.07) is 37.1. The Morgan fingerprint density at radius 1 is 0.610 bits per heavy atom. The molecule has 0 N–H and O–H groups in total. The van der Waals surface area contributed by atoms with Gasteiger partial charge in [-0.25, -0.2) is 4.79 Å². The molecule has 0 aliphatic heterocycles. The van der Waals surface area contributed by atoms with Gasteiger partial charge in [0.15, 0.2) is 0 Å². The predicted molar refractivity (Wildman–Crippen MR) is 168 cm³/mol. The molecule has 2 aromatic heterocycles. The van der Waals surface area contributed by atoms with E-state index in [0.29, 0.717) is 28.2 Å². The smallest absolute Gasteiger partial charge is 0.333 e. The fraction of sp³-hybridized carbons (Fsp3) is 0.139. The summed E-state index contributed by atoms with van der Waals surface area (Å²) in [6.45, 7) is 4.03. The molecule has 0 spiro atoms. The van der Waals surface area contributed by atoms with Gasteiger partial charge in [-0.15, -0.1) is 0 Å². The second-order valence-electron chi connectivity index (χ2n) is 11.4. The molecule has 7 aromatic rings. The third-order valence-corrected chi connectivity index (χ3v) is 7.67. The topological polar surface area (TPSA) is 41.1 Å². The average molecular weight is 541 g/mol. The Kier molecular flexibility index (Phi) is 4.92. The Labute approximate surface area is 242 Å². The third-order valence-electron chi connectivity index (χ3n) is 7.67. The minimum atomic E-state index is -2.61. The van der Waals surface area contributed by atoms with Gasteiger partial charge >= 0.3 is 5.69 Å². The summed E-state index contributed by atoms with van der Waals surface area (Å²) in [5.41, 5.74) is 5.19. The SMILES string of the molecule is [2H]C([2H])([2H])n1c(=O)n(-c2cccc(Oc3ccc4c5ccccc5n(-c5cccc(C(C)(C)C)c5)c4c3)c2)c2ccccc21. The molecule has 2 heterocycles. The van der Waals surface area contributed by atoms with Crippen LogP contribution in [0.1, 0.15) is 30.4 Å². The van der Waals surface area contributed by atoms with Crippen LogP contribution < -0.4 is 10.4 Å². The van der Waals surface area contributed by atoms with Crippen LogP contribution in [0.4, 0.5) is 0 Å². The number of fused-ring (bicyclic) bond motifs is 4. The van der Waals surface area contributed by atoms with Gasteiger partial charge in [-0.1, -0.05) is 69.3 Å². The standard InChI is InChI=1S/C36H31N3O2/c1-36(2,3)24-11-9-12-25(21-24)38-31-16-6-5-15-29(31)30-20-19-28(23-34(30)38)41-27-14-10-13-26(22-27)39-33-18-8-7-17-32(33)37(4)35(39)40/h5-23H,1-4H3/i4D3. The van der Waals surface area contributed by atoms with Gasteiger partial charge in [0.2, 0.25) is 0 Å². The van der Waals surface area contributed by atoms with Crippen molar-refractivity contribution in [2.45, 2.75) is 26.2 Å². The minimum Gasteiger partial charge on any atom is -0.457 e. The quantitative estimate of drug-likeness (QED) is 0.225. The molecule has 0 saturated heterocycles. The molecule has 0 fully saturated rings. The first kappa shape index (κ1) is 21.8. The van der Waals surface area contributed by atoms with Crippen LogP contribution in [0, 0.1) is 0 Å². The summed E-state index contributed by atoms with van der Waals surface area (Å²) in [7, 11) is 0. The van der Waals surface area contributed by atoms with E-state index in [0.717, 1.165) is 32.1 Å². The number of aromatic nitrogens is 3. The van der Waals surface area contributed by atoms with E-state index in [9.17, 15) is 4.79 Å². The summed E-state index contributed by atoms with van der Waals surface area (Å²) in [4.78, 5) is 13.4.